The molecule has 2 aromatic heterocycles. The van der Waals surface area contributed by atoms with Gasteiger partial charge in [-0.3, -0.25) is 0 Å². The number of hydrogen-bond donors (Lipinski definition) is 1. The molecule has 0 bridgehead atoms. The number of nitrogens with zero attached hydrogens (tertiary/aromatic N) is 1. The SMILES string of the molecule is Cc1cn(Cc2ccc(C(F)(F)F)cc2)c(OC(=O)NCCc2ccccc2)c1-c1ccco1. The van der Waals surface area contributed by atoms with Crippen molar-refractivity contribution in [3.63, 3.8) is 0 Å². The summed E-state index contributed by atoms with van der Waals surface area (Å²) in [6, 6.07) is 18.1. The summed E-state index contributed by atoms with van der Waals surface area (Å²) in [5.41, 5.74) is 2.40. The van der Waals surface area contributed by atoms with Gasteiger partial charge >= 0.3 is 12.3 Å². The molecule has 5 nitrogen and oxygen atoms in total. The number of carbonyl (C=O) groups excluding carboxylic acids is 1. The first kappa shape index (κ1) is 23.2. The Morgan fingerprint density at radius 3 is 2.38 bits per heavy atom. The van der Waals surface area contributed by atoms with Crippen LogP contribution in [0, 0.1) is 6.92 Å². The molecule has 4 aromatic rings. The number of carbonyl (C=O) groups is 1. The van der Waals surface area contributed by atoms with Crippen LogP contribution < -0.4 is 10.1 Å². The lowest BCUT2D eigenvalue weighted by Gasteiger charge is -2.13. The second kappa shape index (κ2) is 9.91. The van der Waals surface area contributed by atoms with Gasteiger partial charge in [-0.1, -0.05) is 42.5 Å². The summed E-state index contributed by atoms with van der Waals surface area (Å²) < 4.78 is 51.6. The third-order valence-electron chi connectivity index (χ3n) is 5.34. The van der Waals surface area contributed by atoms with Crippen molar-refractivity contribution >= 4 is 6.09 Å². The predicted molar refractivity (Wildman–Crippen MR) is 122 cm³/mol. The minimum Gasteiger partial charge on any atom is -0.464 e. The molecule has 0 spiro atoms. The minimum atomic E-state index is -4.40. The molecule has 0 atom stereocenters. The molecule has 0 aliphatic carbocycles. The topological polar surface area (TPSA) is 56.4 Å². The van der Waals surface area contributed by atoms with Crippen LogP contribution in [0.2, 0.25) is 0 Å². The van der Waals surface area contributed by atoms with Gasteiger partial charge in [0.15, 0.2) is 0 Å². The fourth-order valence-electron chi connectivity index (χ4n) is 3.69. The number of halogens is 3. The van der Waals surface area contributed by atoms with E-state index in [0.29, 0.717) is 29.9 Å². The van der Waals surface area contributed by atoms with Crippen molar-refractivity contribution in [2.24, 2.45) is 0 Å². The molecule has 1 amide bonds. The van der Waals surface area contributed by atoms with Crippen LogP contribution in [0.25, 0.3) is 11.3 Å². The van der Waals surface area contributed by atoms with Gasteiger partial charge < -0.3 is 19.0 Å². The molecule has 176 valence electrons. The number of nitrogens with one attached hydrogen (secondary N) is 1. The number of amides is 1. The van der Waals surface area contributed by atoms with E-state index in [2.05, 4.69) is 5.32 Å². The molecule has 2 aromatic carbocycles. The number of benzene rings is 2. The number of aryl methyl sites for hydroxylation is 1. The minimum absolute atomic E-state index is 0.215. The molecule has 0 unspecified atom stereocenters. The Balaban J connectivity index is 1.54. The predicted octanol–water partition coefficient (Wildman–Crippen LogP) is 6.45. The van der Waals surface area contributed by atoms with E-state index in [4.69, 9.17) is 9.15 Å². The zero-order valence-electron chi connectivity index (χ0n) is 18.4. The summed E-state index contributed by atoms with van der Waals surface area (Å²) in [7, 11) is 0. The Bertz CT molecular complexity index is 1230. The van der Waals surface area contributed by atoms with Crippen LogP contribution in [0.4, 0.5) is 18.0 Å². The summed E-state index contributed by atoms with van der Waals surface area (Å²) >= 11 is 0. The quantitative estimate of drug-likeness (QED) is 0.339. The zero-order chi connectivity index (χ0) is 24.1. The molecule has 8 heteroatoms. The molecule has 4 rings (SSSR count). The first-order valence-electron chi connectivity index (χ1n) is 10.7. The first-order chi connectivity index (χ1) is 16.3. The summed E-state index contributed by atoms with van der Waals surface area (Å²) in [5, 5.41) is 2.75. The fraction of sp³-hybridized carbons (Fsp3) is 0.192. The van der Waals surface area contributed by atoms with Crippen molar-refractivity contribution in [1.29, 1.82) is 0 Å². The smallest absolute Gasteiger partial charge is 0.416 e. The molecule has 34 heavy (non-hydrogen) atoms. The number of rotatable bonds is 7. The fourth-order valence-corrected chi connectivity index (χ4v) is 3.69. The highest BCUT2D eigenvalue weighted by molar-refractivity contribution is 5.76. The average molecular weight is 468 g/mol. The van der Waals surface area contributed by atoms with Gasteiger partial charge in [0.2, 0.25) is 5.88 Å². The van der Waals surface area contributed by atoms with Gasteiger partial charge in [0.1, 0.15) is 5.76 Å². The average Bonchev–Trinajstić information content (AvgIpc) is 3.42. The van der Waals surface area contributed by atoms with Gasteiger partial charge in [0, 0.05) is 12.7 Å². The molecule has 0 aliphatic heterocycles. The van der Waals surface area contributed by atoms with Crippen LogP contribution >= 0.6 is 0 Å². The normalized spacial score (nSPS) is 11.4. The molecule has 0 radical (unpaired) electrons. The number of aromatic nitrogens is 1. The monoisotopic (exact) mass is 468 g/mol. The second-order valence-corrected chi connectivity index (χ2v) is 7.84. The summed E-state index contributed by atoms with van der Waals surface area (Å²) in [5.74, 6) is 0.778. The summed E-state index contributed by atoms with van der Waals surface area (Å²) in [6.07, 6.45) is -1.09. The van der Waals surface area contributed by atoms with Gasteiger partial charge in [0.05, 0.1) is 23.9 Å². The molecular formula is C26H23F3N2O3. The van der Waals surface area contributed by atoms with E-state index >= 15 is 0 Å². The summed E-state index contributed by atoms with van der Waals surface area (Å²) in [4.78, 5) is 12.6. The van der Waals surface area contributed by atoms with Crippen LogP contribution in [-0.2, 0) is 19.1 Å². The van der Waals surface area contributed by atoms with Crippen LogP contribution in [0.5, 0.6) is 5.88 Å². The Kier molecular flexibility index (Phi) is 6.77. The molecule has 0 fully saturated rings. The van der Waals surface area contributed by atoms with E-state index < -0.39 is 17.8 Å². The number of hydrogen-bond acceptors (Lipinski definition) is 3. The largest absolute Gasteiger partial charge is 0.464 e. The zero-order valence-corrected chi connectivity index (χ0v) is 18.4. The molecule has 0 saturated carbocycles. The molecule has 0 aliphatic rings. The Morgan fingerprint density at radius 1 is 1.00 bits per heavy atom. The Labute approximate surface area is 194 Å². The van der Waals surface area contributed by atoms with Crippen LogP contribution in [0.1, 0.15) is 22.3 Å². The lowest BCUT2D eigenvalue weighted by molar-refractivity contribution is -0.137. The van der Waals surface area contributed by atoms with Crippen molar-refractivity contribution < 1.29 is 27.1 Å². The van der Waals surface area contributed by atoms with Crippen molar-refractivity contribution in [1.82, 2.24) is 9.88 Å². The van der Waals surface area contributed by atoms with E-state index in [1.54, 1.807) is 22.9 Å². The highest BCUT2D eigenvalue weighted by atomic mass is 19.4. The highest BCUT2D eigenvalue weighted by Gasteiger charge is 2.30. The van der Waals surface area contributed by atoms with Crippen molar-refractivity contribution in [2.75, 3.05) is 6.54 Å². The van der Waals surface area contributed by atoms with Gasteiger partial charge in [-0.15, -0.1) is 0 Å². The van der Waals surface area contributed by atoms with Crippen molar-refractivity contribution in [2.45, 2.75) is 26.1 Å². The first-order valence-corrected chi connectivity index (χ1v) is 10.7. The lowest BCUT2D eigenvalue weighted by atomic mass is 10.1. The van der Waals surface area contributed by atoms with E-state index in [1.165, 1.54) is 18.4 Å². The van der Waals surface area contributed by atoms with Crippen LogP contribution in [-0.4, -0.2) is 17.2 Å². The standard InChI is InChI=1S/C26H23F3N2O3/c1-18-16-31(17-20-9-11-21(12-10-20)26(27,28)29)24(23(18)22-8-5-15-33-22)34-25(32)30-14-13-19-6-3-2-4-7-19/h2-12,15-16H,13-14,17H2,1H3,(H,30,32). The maximum Gasteiger partial charge on any atom is 0.416 e. The van der Waals surface area contributed by atoms with E-state index in [9.17, 15) is 18.0 Å². The second-order valence-electron chi connectivity index (χ2n) is 7.84. The molecule has 0 saturated heterocycles. The molecule has 1 N–H and O–H groups in total. The third-order valence-corrected chi connectivity index (χ3v) is 5.34. The summed E-state index contributed by atoms with van der Waals surface area (Å²) in [6.45, 7) is 2.45. The number of alkyl halides is 3. The Hall–Kier alpha value is -3.94. The van der Waals surface area contributed by atoms with E-state index in [1.807, 2.05) is 37.3 Å². The third kappa shape index (κ3) is 5.51. The van der Waals surface area contributed by atoms with Crippen LogP contribution in [0.15, 0.2) is 83.6 Å². The van der Waals surface area contributed by atoms with Gasteiger partial charge in [0.25, 0.3) is 0 Å². The molecular weight excluding hydrogens is 445 g/mol. The lowest BCUT2D eigenvalue weighted by Crippen LogP contribution is -2.29. The maximum absolute atomic E-state index is 12.9. The number of ether oxygens (including phenoxy) is 1. The molecule has 2 heterocycles. The van der Waals surface area contributed by atoms with Crippen molar-refractivity contribution in [3.05, 3.63) is 101 Å². The van der Waals surface area contributed by atoms with Gasteiger partial charge in [-0.05, 0) is 54.3 Å². The highest BCUT2D eigenvalue weighted by Crippen LogP contribution is 2.36. The van der Waals surface area contributed by atoms with E-state index in [0.717, 1.165) is 23.3 Å². The van der Waals surface area contributed by atoms with Gasteiger partial charge in [-0.2, -0.15) is 13.2 Å². The van der Waals surface area contributed by atoms with Gasteiger partial charge in [-0.25, -0.2) is 4.79 Å². The van der Waals surface area contributed by atoms with Crippen molar-refractivity contribution in [3.8, 4) is 17.2 Å². The van der Waals surface area contributed by atoms with E-state index in [-0.39, 0.29) is 12.4 Å². The number of furan rings is 1. The Morgan fingerprint density at radius 2 is 1.74 bits per heavy atom. The van der Waals surface area contributed by atoms with Crippen LogP contribution in [0.3, 0.4) is 0 Å². The maximum atomic E-state index is 12.9.